The number of carbonyl (C=O) groups excluding carboxylic acids is 2. The molecule has 7 heteroatoms. The maximum absolute atomic E-state index is 14.3. The van der Waals surface area contributed by atoms with E-state index in [-0.39, 0.29) is 45.9 Å². The van der Waals surface area contributed by atoms with E-state index in [0.717, 1.165) is 27.2 Å². The number of ether oxygens (including phenoxy) is 1. The summed E-state index contributed by atoms with van der Waals surface area (Å²) in [6.45, 7) is 15.1. The average Bonchev–Trinajstić information content (AvgIpc) is 3.17. The van der Waals surface area contributed by atoms with Crippen LogP contribution in [0, 0.1) is 22.0 Å². The number of nitrogens with zero attached hydrogens (tertiary/aromatic N) is 2. The van der Waals surface area contributed by atoms with Gasteiger partial charge in [-0.05, 0) is 63.3 Å². The molecule has 4 atom stereocenters. The van der Waals surface area contributed by atoms with Crippen molar-refractivity contribution in [3.8, 4) is 5.75 Å². The van der Waals surface area contributed by atoms with Crippen LogP contribution in [0.4, 0.5) is 11.4 Å². The highest BCUT2D eigenvalue weighted by atomic mass is 16.6. The van der Waals surface area contributed by atoms with Gasteiger partial charge in [0.1, 0.15) is 11.4 Å². The molecule has 0 aromatic heterocycles. The smallest absolute Gasteiger partial charge is 0.297 e. The molecule has 4 aliphatic rings. The molecule has 0 N–H and O–H groups in total. The molecule has 2 bridgehead atoms. The standard InChI is InChI=1S/C34H36N2O5/c1-8-41-20-11-14-25(26(17-20)36(39)40)35-31(37)29-27-22-13-10-19(34(5,6)7)16-24(22)28(30(29)32(35)38)21-12-9-18(15-23(21)27)33(2,3)4/h9-17,27-30H,8H2,1-7H3/t27-,28+,29-,30-/m1/s1. The summed E-state index contributed by atoms with van der Waals surface area (Å²) < 4.78 is 5.48. The van der Waals surface area contributed by atoms with Crippen molar-refractivity contribution in [1.82, 2.24) is 0 Å². The fourth-order valence-corrected chi connectivity index (χ4v) is 7.04. The zero-order valence-corrected chi connectivity index (χ0v) is 24.6. The largest absolute Gasteiger partial charge is 0.494 e. The second-order valence-electron chi connectivity index (χ2n) is 13.5. The first-order valence-electron chi connectivity index (χ1n) is 14.3. The monoisotopic (exact) mass is 552 g/mol. The highest BCUT2D eigenvalue weighted by Crippen LogP contribution is 2.62. The van der Waals surface area contributed by atoms with Gasteiger partial charge in [-0.1, -0.05) is 77.9 Å². The van der Waals surface area contributed by atoms with E-state index < -0.39 is 16.8 Å². The minimum absolute atomic E-state index is 0.00104. The Morgan fingerprint density at radius 3 is 1.66 bits per heavy atom. The van der Waals surface area contributed by atoms with Crippen molar-refractivity contribution in [2.24, 2.45) is 11.8 Å². The van der Waals surface area contributed by atoms with Crippen molar-refractivity contribution >= 4 is 23.2 Å². The minimum Gasteiger partial charge on any atom is -0.494 e. The molecule has 0 spiro atoms. The maximum Gasteiger partial charge on any atom is 0.297 e. The highest BCUT2D eigenvalue weighted by molar-refractivity contribution is 6.24. The zero-order valence-electron chi connectivity index (χ0n) is 24.6. The lowest BCUT2D eigenvalue weighted by Crippen LogP contribution is -2.42. The molecule has 7 rings (SSSR count). The quantitative estimate of drug-likeness (QED) is 0.198. The maximum atomic E-state index is 14.3. The van der Waals surface area contributed by atoms with Crippen molar-refractivity contribution in [1.29, 1.82) is 0 Å². The van der Waals surface area contributed by atoms with Crippen LogP contribution in [-0.2, 0) is 20.4 Å². The fourth-order valence-electron chi connectivity index (χ4n) is 7.04. The van der Waals surface area contributed by atoms with E-state index >= 15 is 0 Å². The summed E-state index contributed by atoms with van der Waals surface area (Å²) in [6, 6.07) is 17.3. The number of imide groups is 1. The van der Waals surface area contributed by atoms with Gasteiger partial charge in [-0.2, -0.15) is 0 Å². The van der Waals surface area contributed by atoms with Crippen molar-refractivity contribution < 1.29 is 19.2 Å². The van der Waals surface area contributed by atoms with Crippen LogP contribution in [0.5, 0.6) is 5.75 Å². The number of carbonyl (C=O) groups is 2. The predicted molar refractivity (Wildman–Crippen MR) is 158 cm³/mol. The van der Waals surface area contributed by atoms with Gasteiger partial charge in [-0.25, -0.2) is 4.90 Å². The molecule has 1 saturated heterocycles. The number of rotatable bonds is 4. The highest BCUT2D eigenvalue weighted by Gasteiger charge is 2.62. The summed E-state index contributed by atoms with van der Waals surface area (Å²) in [4.78, 5) is 41.3. The van der Waals surface area contributed by atoms with Gasteiger partial charge in [0.05, 0.1) is 29.4 Å². The lowest BCUT2D eigenvalue weighted by Gasteiger charge is -2.47. The second kappa shape index (κ2) is 9.00. The Hall–Kier alpha value is -4.00. The molecule has 41 heavy (non-hydrogen) atoms. The lowest BCUT2D eigenvalue weighted by atomic mass is 9.54. The number of anilines is 1. The Labute approximate surface area is 240 Å². The van der Waals surface area contributed by atoms with Gasteiger partial charge in [-0.3, -0.25) is 19.7 Å². The van der Waals surface area contributed by atoms with Crippen LogP contribution >= 0.6 is 0 Å². The summed E-state index contributed by atoms with van der Waals surface area (Å²) in [5, 5.41) is 12.1. The Kier molecular flexibility index (Phi) is 5.97. The number of nitro benzene ring substituents is 1. The van der Waals surface area contributed by atoms with Crippen LogP contribution in [0.15, 0.2) is 54.6 Å². The SMILES string of the molecule is CCOc1ccc(N2C(=O)[C@@H]3[C@@H]4c5ccc(C(C)(C)C)cc5[C@H](c5ccc(C(C)(C)C)cc54)[C@H]3C2=O)c([N+](=O)[O-])c1. The predicted octanol–water partition coefficient (Wildman–Crippen LogP) is 6.99. The lowest BCUT2D eigenvalue weighted by molar-refractivity contribution is -0.384. The van der Waals surface area contributed by atoms with Gasteiger partial charge >= 0.3 is 0 Å². The molecule has 2 amide bonds. The molecular formula is C34H36N2O5. The average molecular weight is 553 g/mol. The van der Waals surface area contributed by atoms with Gasteiger partial charge in [-0.15, -0.1) is 0 Å². The molecule has 0 radical (unpaired) electrons. The van der Waals surface area contributed by atoms with Crippen LogP contribution in [0.25, 0.3) is 0 Å². The molecule has 1 aliphatic heterocycles. The first kappa shape index (κ1) is 27.2. The summed E-state index contributed by atoms with van der Waals surface area (Å²) in [5.41, 5.74) is 6.17. The van der Waals surface area contributed by atoms with Gasteiger partial charge in [0, 0.05) is 11.8 Å². The van der Waals surface area contributed by atoms with E-state index in [4.69, 9.17) is 4.74 Å². The molecule has 3 aromatic carbocycles. The summed E-state index contributed by atoms with van der Waals surface area (Å²) in [6.07, 6.45) is 0. The van der Waals surface area contributed by atoms with E-state index in [1.165, 1.54) is 23.3 Å². The summed E-state index contributed by atoms with van der Waals surface area (Å²) in [5.74, 6) is -2.31. The van der Waals surface area contributed by atoms with Crippen molar-refractivity contribution in [3.05, 3.63) is 98.1 Å². The molecule has 1 heterocycles. The second-order valence-corrected chi connectivity index (χ2v) is 13.5. The topological polar surface area (TPSA) is 89.8 Å². The number of amides is 2. The van der Waals surface area contributed by atoms with Crippen LogP contribution < -0.4 is 9.64 Å². The van der Waals surface area contributed by atoms with E-state index in [1.807, 2.05) is 0 Å². The van der Waals surface area contributed by atoms with Crippen LogP contribution in [0.1, 0.15) is 93.7 Å². The van der Waals surface area contributed by atoms with Crippen molar-refractivity contribution in [2.45, 2.75) is 71.1 Å². The molecule has 3 aliphatic carbocycles. The first-order chi connectivity index (χ1) is 19.2. The molecule has 212 valence electrons. The summed E-state index contributed by atoms with van der Waals surface area (Å²) in [7, 11) is 0. The molecular weight excluding hydrogens is 516 g/mol. The van der Waals surface area contributed by atoms with Gasteiger partial charge in [0.2, 0.25) is 11.8 Å². The zero-order chi connectivity index (χ0) is 29.6. The Morgan fingerprint density at radius 1 is 0.756 bits per heavy atom. The van der Waals surface area contributed by atoms with Gasteiger partial charge in [0.15, 0.2) is 0 Å². The molecule has 0 saturated carbocycles. The Balaban J connectivity index is 1.55. The minimum atomic E-state index is -0.630. The normalized spacial score (nSPS) is 22.9. The fraction of sp³-hybridized carbons (Fsp3) is 0.412. The van der Waals surface area contributed by atoms with E-state index in [2.05, 4.69) is 77.9 Å². The molecule has 7 nitrogen and oxygen atoms in total. The molecule has 1 fully saturated rings. The van der Waals surface area contributed by atoms with E-state index in [0.29, 0.717) is 12.4 Å². The third kappa shape index (κ3) is 4.00. The van der Waals surface area contributed by atoms with Gasteiger partial charge in [0.25, 0.3) is 5.69 Å². The van der Waals surface area contributed by atoms with E-state index in [9.17, 15) is 19.7 Å². The van der Waals surface area contributed by atoms with Crippen LogP contribution in [0.3, 0.4) is 0 Å². The van der Waals surface area contributed by atoms with E-state index in [1.54, 1.807) is 13.0 Å². The van der Waals surface area contributed by atoms with Gasteiger partial charge < -0.3 is 4.74 Å². The Bertz CT molecular complexity index is 1540. The molecule has 0 unspecified atom stereocenters. The first-order valence-corrected chi connectivity index (χ1v) is 14.3. The van der Waals surface area contributed by atoms with Crippen LogP contribution in [0.2, 0.25) is 0 Å². The number of benzene rings is 3. The number of hydrogen-bond donors (Lipinski definition) is 0. The third-order valence-electron chi connectivity index (χ3n) is 9.06. The summed E-state index contributed by atoms with van der Waals surface area (Å²) >= 11 is 0. The van der Waals surface area contributed by atoms with Crippen LogP contribution in [-0.4, -0.2) is 23.3 Å². The number of hydrogen-bond acceptors (Lipinski definition) is 5. The number of nitro groups is 1. The molecule has 3 aromatic rings. The van der Waals surface area contributed by atoms with Crippen molar-refractivity contribution in [3.63, 3.8) is 0 Å². The van der Waals surface area contributed by atoms with Crippen molar-refractivity contribution in [2.75, 3.05) is 11.5 Å². The third-order valence-corrected chi connectivity index (χ3v) is 9.06. The Morgan fingerprint density at radius 2 is 1.24 bits per heavy atom.